The second-order valence-electron chi connectivity index (χ2n) is 7.70. The maximum absolute atomic E-state index is 13.2. The van der Waals surface area contributed by atoms with Gasteiger partial charge in [0.2, 0.25) is 0 Å². The smallest absolute Gasteiger partial charge is 0.264 e. The molecule has 0 atom stereocenters. The Kier molecular flexibility index (Phi) is 5.99. The maximum atomic E-state index is 13.2. The molecular formula is C18H28N2O5S. The summed E-state index contributed by atoms with van der Waals surface area (Å²) < 4.78 is 29.8. The molecule has 0 saturated carbocycles. The minimum Gasteiger partial charge on any atom is -0.497 e. The lowest BCUT2D eigenvalue weighted by Gasteiger charge is -2.44. The maximum Gasteiger partial charge on any atom is 0.264 e. The SMILES string of the molecule is COc1ccc(CS(=O)(=O)C2(C(=O)NO)CCN(C(C)(C)C)CC2)cc1. The van der Waals surface area contributed by atoms with Crippen molar-refractivity contribution in [2.45, 2.75) is 49.7 Å². The molecule has 26 heavy (non-hydrogen) atoms. The van der Waals surface area contributed by atoms with Gasteiger partial charge in [-0.3, -0.25) is 14.9 Å². The van der Waals surface area contributed by atoms with E-state index < -0.39 is 20.5 Å². The Bertz CT molecular complexity index is 730. The van der Waals surface area contributed by atoms with Crippen LogP contribution >= 0.6 is 0 Å². The van der Waals surface area contributed by atoms with Crippen molar-refractivity contribution in [3.05, 3.63) is 29.8 Å². The number of carbonyl (C=O) groups is 1. The summed E-state index contributed by atoms with van der Waals surface area (Å²) in [7, 11) is -2.30. The van der Waals surface area contributed by atoms with E-state index in [9.17, 15) is 18.4 Å². The number of nitrogens with one attached hydrogen (secondary N) is 1. The number of rotatable bonds is 5. The van der Waals surface area contributed by atoms with Crippen LogP contribution < -0.4 is 10.2 Å². The van der Waals surface area contributed by atoms with Crippen molar-refractivity contribution in [2.24, 2.45) is 0 Å². The van der Waals surface area contributed by atoms with E-state index in [0.717, 1.165) is 0 Å². The molecule has 1 saturated heterocycles. The average Bonchev–Trinajstić information content (AvgIpc) is 2.60. The summed E-state index contributed by atoms with van der Waals surface area (Å²) >= 11 is 0. The Morgan fingerprint density at radius 2 is 1.77 bits per heavy atom. The molecule has 1 aromatic rings. The van der Waals surface area contributed by atoms with Crippen LogP contribution in [0.3, 0.4) is 0 Å². The summed E-state index contributed by atoms with van der Waals surface area (Å²) in [5, 5.41) is 9.18. The van der Waals surface area contributed by atoms with Crippen LogP contribution in [-0.2, 0) is 20.4 Å². The Morgan fingerprint density at radius 3 is 2.19 bits per heavy atom. The molecule has 1 heterocycles. The minimum absolute atomic E-state index is 0.110. The normalized spacial score (nSPS) is 18.3. The first-order valence-electron chi connectivity index (χ1n) is 8.60. The van der Waals surface area contributed by atoms with E-state index in [1.54, 1.807) is 29.7 Å². The molecule has 1 amide bonds. The van der Waals surface area contributed by atoms with Crippen LogP contribution in [0.15, 0.2) is 24.3 Å². The van der Waals surface area contributed by atoms with Gasteiger partial charge in [-0.15, -0.1) is 0 Å². The van der Waals surface area contributed by atoms with Gasteiger partial charge in [0.25, 0.3) is 5.91 Å². The van der Waals surface area contributed by atoms with Gasteiger partial charge in [-0.1, -0.05) is 12.1 Å². The first-order chi connectivity index (χ1) is 12.1. The molecule has 1 aliphatic heterocycles. The molecule has 0 aliphatic carbocycles. The molecule has 8 heteroatoms. The first kappa shape index (κ1) is 20.7. The van der Waals surface area contributed by atoms with Crippen LogP contribution in [0, 0.1) is 0 Å². The molecule has 0 radical (unpaired) electrons. The second-order valence-corrected chi connectivity index (χ2v) is 10.00. The molecular weight excluding hydrogens is 356 g/mol. The van der Waals surface area contributed by atoms with Crippen LogP contribution in [0.5, 0.6) is 5.75 Å². The summed E-state index contributed by atoms with van der Waals surface area (Å²) in [6, 6.07) is 6.72. The topological polar surface area (TPSA) is 95.9 Å². The van der Waals surface area contributed by atoms with Crippen molar-refractivity contribution in [3.63, 3.8) is 0 Å². The van der Waals surface area contributed by atoms with Crippen LogP contribution in [0.2, 0.25) is 0 Å². The van der Waals surface area contributed by atoms with Crippen molar-refractivity contribution in [1.29, 1.82) is 0 Å². The molecule has 7 nitrogen and oxygen atoms in total. The van der Waals surface area contributed by atoms with E-state index in [-0.39, 0.29) is 24.1 Å². The lowest BCUT2D eigenvalue weighted by Crippen LogP contribution is -2.60. The Balaban J connectivity index is 2.29. The highest BCUT2D eigenvalue weighted by Gasteiger charge is 2.52. The van der Waals surface area contributed by atoms with Crippen molar-refractivity contribution >= 4 is 15.7 Å². The summed E-state index contributed by atoms with van der Waals surface area (Å²) in [5.41, 5.74) is 2.05. The number of carbonyl (C=O) groups excluding carboxylic acids is 1. The van der Waals surface area contributed by atoms with E-state index in [2.05, 4.69) is 25.7 Å². The van der Waals surface area contributed by atoms with Gasteiger partial charge >= 0.3 is 0 Å². The average molecular weight is 384 g/mol. The van der Waals surface area contributed by atoms with Gasteiger partial charge in [-0.2, -0.15) is 0 Å². The van der Waals surface area contributed by atoms with Gasteiger partial charge in [0.1, 0.15) is 5.75 Å². The van der Waals surface area contributed by atoms with E-state index in [0.29, 0.717) is 24.4 Å². The predicted molar refractivity (Wildman–Crippen MR) is 98.8 cm³/mol. The largest absolute Gasteiger partial charge is 0.497 e. The number of hydrogen-bond donors (Lipinski definition) is 2. The third-order valence-corrected chi connectivity index (χ3v) is 7.64. The number of sulfone groups is 1. The van der Waals surface area contributed by atoms with Gasteiger partial charge in [0, 0.05) is 18.6 Å². The summed E-state index contributed by atoms with van der Waals surface area (Å²) in [4.78, 5) is 14.6. The van der Waals surface area contributed by atoms with E-state index in [4.69, 9.17) is 4.74 Å². The molecule has 0 spiro atoms. The predicted octanol–water partition coefficient (Wildman–Crippen LogP) is 1.75. The molecule has 2 rings (SSSR count). The zero-order valence-corrected chi connectivity index (χ0v) is 16.6. The third kappa shape index (κ3) is 4.02. The zero-order chi connectivity index (χ0) is 19.6. The number of amides is 1. The summed E-state index contributed by atoms with van der Waals surface area (Å²) in [6.45, 7) is 7.10. The second kappa shape index (κ2) is 7.54. The number of benzene rings is 1. The highest BCUT2D eigenvalue weighted by Crippen LogP contribution is 2.35. The van der Waals surface area contributed by atoms with Crippen LogP contribution in [0.4, 0.5) is 0 Å². The van der Waals surface area contributed by atoms with Crippen molar-refractivity contribution in [3.8, 4) is 5.75 Å². The quantitative estimate of drug-likeness (QED) is 0.593. The fraction of sp³-hybridized carbons (Fsp3) is 0.611. The molecule has 0 aromatic heterocycles. The van der Waals surface area contributed by atoms with Crippen LogP contribution in [0.1, 0.15) is 39.2 Å². The summed E-state index contributed by atoms with van der Waals surface area (Å²) in [5.74, 6) is -0.480. The summed E-state index contributed by atoms with van der Waals surface area (Å²) in [6.07, 6.45) is 0.296. The number of hydrogen-bond acceptors (Lipinski definition) is 6. The van der Waals surface area contributed by atoms with Crippen LogP contribution in [0.25, 0.3) is 0 Å². The van der Waals surface area contributed by atoms with E-state index in [1.165, 1.54) is 7.11 Å². The molecule has 0 bridgehead atoms. The van der Waals surface area contributed by atoms with Gasteiger partial charge in [0.15, 0.2) is 14.6 Å². The number of likely N-dealkylation sites (tertiary alicyclic amines) is 1. The van der Waals surface area contributed by atoms with Crippen molar-refractivity contribution in [2.75, 3.05) is 20.2 Å². The van der Waals surface area contributed by atoms with Crippen molar-refractivity contribution < 1.29 is 23.2 Å². The Hall–Kier alpha value is -1.64. The van der Waals surface area contributed by atoms with Crippen LogP contribution in [-0.4, -0.2) is 54.9 Å². The highest BCUT2D eigenvalue weighted by molar-refractivity contribution is 7.92. The lowest BCUT2D eigenvalue weighted by atomic mass is 9.91. The van der Waals surface area contributed by atoms with Gasteiger partial charge in [0.05, 0.1) is 12.9 Å². The standard InChI is InChI=1S/C18H28N2O5S/c1-17(2,3)20-11-9-18(10-12-20,16(21)19-22)26(23,24)13-14-5-7-15(25-4)8-6-14/h5-8,22H,9-13H2,1-4H3,(H,19,21). The molecule has 146 valence electrons. The number of piperidine rings is 1. The van der Waals surface area contributed by atoms with Gasteiger partial charge in [-0.25, -0.2) is 13.9 Å². The third-order valence-electron chi connectivity index (χ3n) is 5.15. The molecule has 1 fully saturated rings. The highest BCUT2D eigenvalue weighted by atomic mass is 32.2. The molecule has 1 aliphatic rings. The minimum atomic E-state index is -3.84. The monoisotopic (exact) mass is 384 g/mol. The fourth-order valence-electron chi connectivity index (χ4n) is 3.40. The molecule has 1 aromatic carbocycles. The number of methoxy groups -OCH3 is 1. The Labute approximate surface area is 155 Å². The number of hydroxylamine groups is 1. The first-order valence-corrected chi connectivity index (χ1v) is 10.3. The molecule has 2 N–H and O–H groups in total. The zero-order valence-electron chi connectivity index (χ0n) is 15.8. The van der Waals surface area contributed by atoms with E-state index >= 15 is 0 Å². The Morgan fingerprint density at radius 1 is 1.23 bits per heavy atom. The molecule has 0 unspecified atom stereocenters. The number of ether oxygens (including phenoxy) is 1. The number of nitrogens with zero attached hydrogens (tertiary/aromatic N) is 1. The van der Waals surface area contributed by atoms with Crippen molar-refractivity contribution in [1.82, 2.24) is 10.4 Å². The van der Waals surface area contributed by atoms with E-state index in [1.807, 2.05) is 0 Å². The van der Waals surface area contributed by atoms with Gasteiger partial charge < -0.3 is 4.74 Å². The van der Waals surface area contributed by atoms with Gasteiger partial charge in [-0.05, 0) is 51.3 Å². The fourth-order valence-corrected chi connectivity index (χ4v) is 5.44. The lowest BCUT2D eigenvalue weighted by molar-refractivity contribution is -0.133.